The molecule has 0 unspecified atom stereocenters. The third kappa shape index (κ3) is 1.62. The van der Waals surface area contributed by atoms with Gasteiger partial charge in [-0.3, -0.25) is 0 Å². The molecule has 0 aliphatic heterocycles. The Morgan fingerprint density at radius 1 is 0.867 bits per heavy atom. The van der Waals surface area contributed by atoms with Crippen molar-refractivity contribution in [3.8, 4) is 0 Å². The Kier molecular flexibility index (Phi) is 2.47. The molecule has 1 heterocycles. The van der Waals surface area contributed by atoms with Gasteiger partial charge >= 0.3 is 0 Å². The van der Waals surface area contributed by atoms with Gasteiger partial charge in [-0.25, -0.2) is 0 Å². The zero-order valence-electron chi connectivity index (χ0n) is 9.70. The van der Waals surface area contributed by atoms with E-state index in [1.807, 2.05) is 0 Å². The molecule has 0 bridgehead atoms. The molecule has 1 aromatic carbocycles. The summed E-state index contributed by atoms with van der Waals surface area (Å²) in [5.41, 5.74) is 4.58. The van der Waals surface area contributed by atoms with Crippen LogP contribution in [0.4, 0.5) is 0 Å². The summed E-state index contributed by atoms with van der Waals surface area (Å²) in [6.07, 6.45) is 0. The second-order valence-corrected chi connectivity index (χ2v) is 4.57. The fourth-order valence-corrected chi connectivity index (χ4v) is 1.90. The number of benzene rings is 1. The molecule has 0 aliphatic carbocycles. The Balaban J connectivity index is 2.71. The summed E-state index contributed by atoms with van der Waals surface area (Å²) in [7, 11) is 0. The number of aromatic nitrogens is 3. The molecule has 80 valence electrons. The average Bonchev–Trinajstić information content (AvgIpc) is 2.63. The highest BCUT2D eigenvalue weighted by molar-refractivity contribution is 5.81. The number of nitrogens with one attached hydrogen (secondary N) is 1. The van der Waals surface area contributed by atoms with Crippen molar-refractivity contribution in [3.05, 3.63) is 23.3 Å². The summed E-state index contributed by atoms with van der Waals surface area (Å²) >= 11 is 0. The van der Waals surface area contributed by atoms with E-state index >= 15 is 0 Å². The van der Waals surface area contributed by atoms with Crippen LogP contribution in [-0.4, -0.2) is 15.4 Å². The van der Waals surface area contributed by atoms with Crippen LogP contribution in [0, 0.1) is 0 Å². The van der Waals surface area contributed by atoms with E-state index in [0.29, 0.717) is 11.8 Å². The first-order chi connectivity index (χ1) is 7.11. The van der Waals surface area contributed by atoms with Crippen LogP contribution in [0.2, 0.25) is 0 Å². The van der Waals surface area contributed by atoms with Crippen molar-refractivity contribution in [2.75, 3.05) is 0 Å². The highest BCUT2D eigenvalue weighted by Gasteiger charge is 2.13. The highest BCUT2D eigenvalue weighted by Crippen LogP contribution is 2.28. The van der Waals surface area contributed by atoms with Crippen molar-refractivity contribution in [1.82, 2.24) is 15.4 Å². The Hall–Kier alpha value is -1.38. The molecule has 2 aromatic rings. The van der Waals surface area contributed by atoms with E-state index in [2.05, 4.69) is 55.2 Å². The van der Waals surface area contributed by atoms with E-state index in [4.69, 9.17) is 0 Å². The summed E-state index contributed by atoms with van der Waals surface area (Å²) < 4.78 is 0. The topological polar surface area (TPSA) is 41.6 Å². The summed E-state index contributed by atoms with van der Waals surface area (Å²) in [5.74, 6) is 0.970. The van der Waals surface area contributed by atoms with Crippen molar-refractivity contribution >= 4 is 11.0 Å². The van der Waals surface area contributed by atoms with Crippen LogP contribution in [0.25, 0.3) is 11.0 Å². The molecule has 1 N–H and O–H groups in total. The maximum absolute atomic E-state index is 4.25. The lowest BCUT2D eigenvalue weighted by atomic mass is 9.95. The molecular formula is C12H17N3. The van der Waals surface area contributed by atoms with Gasteiger partial charge in [0, 0.05) is 0 Å². The Labute approximate surface area is 89.9 Å². The molecule has 0 saturated heterocycles. The van der Waals surface area contributed by atoms with E-state index in [1.54, 1.807) is 0 Å². The zero-order valence-corrected chi connectivity index (χ0v) is 9.70. The number of H-pyrrole nitrogens is 1. The van der Waals surface area contributed by atoms with Gasteiger partial charge in [0.1, 0.15) is 11.0 Å². The largest absolute Gasteiger partial charge is 0.197 e. The van der Waals surface area contributed by atoms with Crippen molar-refractivity contribution in [1.29, 1.82) is 0 Å². The highest BCUT2D eigenvalue weighted by atomic mass is 15.3. The molecule has 0 amide bonds. The first-order valence-electron chi connectivity index (χ1n) is 5.44. The van der Waals surface area contributed by atoms with E-state index in [-0.39, 0.29) is 0 Å². The number of fused-ring (bicyclic) bond motifs is 1. The van der Waals surface area contributed by atoms with Crippen LogP contribution in [-0.2, 0) is 0 Å². The van der Waals surface area contributed by atoms with Crippen LogP contribution in [0.1, 0.15) is 50.7 Å². The monoisotopic (exact) mass is 203 g/mol. The van der Waals surface area contributed by atoms with E-state index in [9.17, 15) is 0 Å². The van der Waals surface area contributed by atoms with Gasteiger partial charge in [0.05, 0.1) is 0 Å². The summed E-state index contributed by atoms with van der Waals surface area (Å²) in [5, 5.41) is 11.2. The zero-order chi connectivity index (χ0) is 11.0. The molecule has 3 nitrogen and oxygen atoms in total. The van der Waals surface area contributed by atoms with Crippen LogP contribution in [0.15, 0.2) is 12.1 Å². The Bertz CT molecular complexity index is 427. The molecule has 0 fully saturated rings. The van der Waals surface area contributed by atoms with Gasteiger partial charge in [0.15, 0.2) is 0 Å². The SMILES string of the molecule is CC(C)c1ccc(C(C)C)c2n[nH]nc12. The number of aromatic amines is 1. The fraction of sp³-hybridized carbons (Fsp3) is 0.500. The summed E-state index contributed by atoms with van der Waals surface area (Å²) in [6, 6.07) is 4.34. The lowest BCUT2D eigenvalue weighted by Gasteiger charge is -2.10. The average molecular weight is 203 g/mol. The van der Waals surface area contributed by atoms with E-state index in [0.717, 1.165) is 11.0 Å². The number of rotatable bonds is 2. The smallest absolute Gasteiger partial charge is 0.116 e. The first-order valence-corrected chi connectivity index (χ1v) is 5.44. The third-order valence-corrected chi connectivity index (χ3v) is 2.78. The summed E-state index contributed by atoms with van der Waals surface area (Å²) in [6.45, 7) is 8.72. The lowest BCUT2D eigenvalue weighted by Crippen LogP contribution is -1.94. The van der Waals surface area contributed by atoms with Gasteiger partial charge in [-0.15, -0.1) is 0 Å². The quantitative estimate of drug-likeness (QED) is 0.814. The van der Waals surface area contributed by atoms with E-state index in [1.165, 1.54) is 11.1 Å². The normalized spacial score (nSPS) is 11.9. The molecule has 1 aromatic heterocycles. The van der Waals surface area contributed by atoms with Gasteiger partial charge in [0.2, 0.25) is 0 Å². The lowest BCUT2D eigenvalue weighted by molar-refractivity contribution is 0.856. The molecule has 15 heavy (non-hydrogen) atoms. The number of nitrogens with zero attached hydrogens (tertiary/aromatic N) is 2. The fourth-order valence-electron chi connectivity index (χ4n) is 1.90. The molecule has 0 atom stereocenters. The van der Waals surface area contributed by atoms with Crippen LogP contribution < -0.4 is 0 Å². The van der Waals surface area contributed by atoms with E-state index < -0.39 is 0 Å². The van der Waals surface area contributed by atoms with Crippen LogP contribution >= 0.6 is 0 Å². The second kappa shape index (κ2) is 3.65. The number of hydrogen-bond donors (Lipinski definition) is 1. The van der Waals surface area contributed by atoms with Crippen molar-refractivity contribution < 1.29 is 0 Å². The third-order valence-electron chi connectivity index (χ3n) is 2.78. The Morgan fingerprint density at radius 3 is 1.60 bits per heavy atom. The van der Waals surface area contributed by atoms with Crippen LogP contribution in [0.5, 0.6) is 0 Å². The molecule has 3 heteroatoms. The van der Waals surface area contributed by atoms with Crippen molar-refractivity contribution in [2.45, 2.75) is 39.5 Å². The van der Waals surface area contributed by atoms with Crippen molar-refractivity contribution in [3.63, 3.8) is 0 Å². The standard InChI is InChI=1S/C12H17N3/c1-7(2)9-5-6-10(8(3)4)12-11(9)13-15-14-12/h5-8H,1-4H3,(H,13,14,15). The molecular weight excluding hydrogens is 186 g/mol. The first kappa shape index (κ1) is 10.1. The minimum absolute atomic E-state index is 0.485. The predicted molar refractivity (Wildman–Crippen MR) is 62.1 cm³/mol. The second-order valence-electron chi connectivity index (χ2n) is 4.57. The van der Waals surface area contributed by atoms with Gasteiger partial charge in [0.25, 0.3) is 0 Å². The Morgan fingerprint density at radius 2 is 1.27 bits per heavy atom. The minimum Gasteiger partial charge on any atom is -0.197 e. The molecule has 0 aliphatic rings. The predicted octanol–water partition coefficient (Wildman–Crippen LogP) is 3.20. The molecule has 0 saturated carbocycles. The molecule has 0 spiro atoms. The van der Waals surface area contributed by atoms with Crippen LogP contribution in [0.3, 0.4) is 0 Å². The maximum Gasteiger partial charge on any atom is 0.116 e. The maximum atomic E-state index is 4.25. The van der Waals surface area contributed by atoms with Gasteiger partial charge in [-0.1, -0.05) is 39.8 Å². The minimum atomic E-state index is 0.485. The summed E-state index contributed by atoms with van der Waals surface area (Å²) in [4.78, 5) is 0. The molecule has 2 rings (SSSR count). The van der Waals surface area contributed by atoms with Gasteiger partial charge in [-0.2, -0.15) is 15.4 Å². The molecule has 0 radical (unpaired) electrons. The van der Waals surface area contributed by atoms with Crippen molar-refractivity contribution in [2.24, 2.45) is 0 Å². The van der Waals surface area contributed by atoms with Gasteiger partial charge < -0.3 is 0 Å². The van der Waals surface area contributed by atoms with Gasteiger partial charge in [-0.05, 0) is 23.0 Å². The number of hydrogen-bond acceptors (Lipinski definition) is 2.